The number of pyridine rings is 1. The molecular weight excluding hydrogens is 344 g/mol. The Labute approximate surface area is 156 Å². The van der Waals surface area contributed by atoms with Crippen LogP contribution in [-0.2, 0) is 17.8 Å². The highest BCUT2D eigenvalue weighted by molar-refractivity contribution is 5.82. The second-order valence-electron chi connectivity index (χ2n) is 7.09. The zero-order valence-electron chi connectivity index (χ0n) is 15.3. The monoisotopic (exact) mass is 366 g/mol. The number of benzene rings is 1. The molecule has 7 heteroatoms. The number of hydrogen-bond acceptors (Lipinski definition) is 5. The first kappa shape index (κ1) is 17.5. The Morgan fingerprint density at radius 2 is 2.00 bits per heavy atom. The molecule has 0 bridgehead atoms. The molecule has 1 fully saturated rings. The minimum Gasteiger partial charge on any atom is -0.341 e. The van der Waals surface area contributed by atoms with E-state index in [1.165, 1.54) is 4.57 Å². The fourth-order valence-corrected chi connectivity index (χ4v) is 3.67. The number of fused-ring (bicyclic) bond motifs is 1. The van der Waals surface area contributed by atoms with Crippen LogP contribution in [0.15, 0.2) is 45.8 Å². The Morgan fingerprint density at radius 1 is 1.22 bits per heavy atom. The van der Waals surface area contributed by atoms with Crippen LogP contribution in [0.5, 0.6) is 0 Å². The molecule has 1 aliphatic heterocycles. The van der Waals surface area contributed by atoms with Crippen molar-refractivity contribution in [1.82, 2.24) is 19.6 Å². The van der Waals surface area contributed by atoms with Crippen LogP contribution in [0.2, 0.25) is 0 Å². The zero-order chi connectivity index (χ0) is 18.8. The van der Waals surface area contributed by atoms with Crippen LogP contribution in [0.25, 0.3) is 10.8 Å². The smallest absolute Gasteiger partial charge is 0.258 e. The van der Waals surface area contributed by atoms with Crippen molar-refractivity contribution >= 4 is 16.7 Å². The number of carbonyl (C=O) groups excluding carboxylic acids is 1. The quantitative estimate of drug-likeness (QED) is 0.707. The molecule has 7 nitrogen and oxygen atoms in total. The van der Waals surface area contributed by atoms with Gasteiger partial charge in [0.25, 0.3) is 5.56 Å². The van der Waals surface area contributed by atoms with Gasteiger partial charge in [-0.15, -0.1) is 0 Å². The number of carbonyl (C=O) groups is 1. The molecule has 0 N–H and O–H groups in total. The normalized spacial score (nSPS) is 15.4. The van der Waals surface area contributed by atoms with E-state index in [1.54, 1.807) is 19.2 Å². The third kappa shape index (κ3) is 3.77. The second-order valence-corrected chi connectivity index (χ2v) is 7.09. The molecule has 3 heterocycles. The van der Waals surface area contributed by atoms with Crippen molar-refractivity contribution in [2.24, 2.45) is 5.92 Å². The number of nitrogens with zero attached hydrogens (tertiary/aromatic N) is 4. The van der Waals surface area contributed by atoms with Gasteiger partial charge in [-0.1, -0.05) is 23.4 Å². The van der Waals surface area contributed by atoms with Crippen LogP contribution in [0.1, 0.15) is 24.6 Å². The summed E-state index contributed by atoms with van der Waals surface area (Å²) < 4.78 is 6.51. The van der Waals surface area contributed by atoms with Crippen molar-refractivity contribution in [1.29, 1.82) is 0 Å². The molecule has 4 rings (SSSR count). The van der Waals surface area contributed by atoms with Gasteiger partial charge in [0.1, 0.15) is 6.54 Å². The molecular formula is C20H22N4O3. The van der Waals surface area contributed by atoms with Gasteiger partial charge in [0.05, 0.1) is 0 Å². The summed E-state index contributed by atoms with van der Waals surface area (Å²) in [4.78, 5) is 31.3. The largest absolute Gasteiger partial charge is 0.341 e. The van der Waals surface area contributed by atoms with Crippen LogP contribution in [-0.4, -0.2) is 38.6 Å². The summed E-state index contributed by atoms with van der Waals surface area (Å²) in [5, 5.41) is 5.48. The lowest BCUT2D eigenvalue weighted by Crippen LogP contribution is -2.41. The fraction of sp³-hybridized carbons (Fsp3) is 0.400. The third-order valence-corrected chi connectivity index (χ3v) is 5.20. The summed E-state index contributed by atoms with van der Waals surface area (Å²) in [5.74, 6) is 1.76. The maximum Gasteiger partial charge on any atom is 0.258 e. The maximum atomic E-state index is 12.7. The van der Waals surface area contributed by atoms with Crippen molar-refractivity contribution in [3.63, 3.8) is 0 Å². The Morgan fingerprint density at radius 3 is 2.74 bits per heavy atom. The molecule has 0 spiro atoms. The van der Waals surface area contributed by atoms with Crippen molar-refractivity contribution in [2.45, 2.75) is 32.7 Å². The van der Waals surface area contributed by atoms with Gasteiger partial charge in [-0.05, 0) is 36.3 Å². The van der Waals surface area contributed by atoms with Gasteiger partial charge in [0, 0.05) is 38.0 Å². The predicted molar refractivity (Wildman–Crippen MR) is 100 cm³/mol. The lowest BCUT2D eigenvalue weighted by molar-refractivity contribution is -0.133. The van der Waals surface area contributed by atoms with Crippen LogP contribution in [0, 0.1) is 12.8 Å². The van der Waals surface area contributed by atoms with Crippen molar-refractivity contribution in [2.75, 3.05) is 13.1 Å². The van der Waals surface area contributed by atoms with E-state index in [2.05, 4.69) is 10.1 Å². The van der Waals surface area contributed by atoms with Gasteiger partial charge in [-0.3, -0.25) is 9.59 Å². The fourth-order valence-electron chi connectivity index (χ4n) is 3.67. The zero-order valence-corrected chi connectivity index (χ0v) is 15.3. The second kappa shape index (κ2) is 7.34. The van der Waals surface area contributed by atoms with E-state index >= 15 is 0 Å². The molecule has 0 atom stereocenters. The average molecular weight is 366 g/mol. The molecule has 0 unspecified atom stereocenters. The first-order valence-electron chi connectivity index (χ1n) is 9.25. The van der Waals surface area contributed by atoms with E-state index in [9.17, 15) is 9.59 Å². The Hall–Kier alpha value is -2.96. The standard InChI is InChI=1S/C20H22N4O3/c1-14-21-18(22-27-14)12-15-6-9-23(10-7-15)19(25)13-24-11-8-16-4-2-3-5-17(16)20(24)26/h2-5,8,11,15H,6-7,9-10,12-13H2,1H3. The van der Waals surface area contributed by atoms with Gasteiger partial charge in [-0.25, -0.2) is 0 Å². The number of amides is 1. The number of rotatable bonds is 4. The molecule has 0 radical (unpaired) electrons. The summed E-state index contributed by atoms with van der Waals surface area (Å²) >= 11 is 0. The van der Waals surface area contributed by atoms with Crippen LogP contribution in [0.3, 0.4) is 0 Å². The molecule has 1 aliphatic rings. The van der Waals surface area contributed by atoms with E-state index in [1.807, 2.05) is 29.2 Å². The average Bonchev–Trinajstić information content (AvgIpc) is 3.09. The first-order chi connectivity index (χ1) is 13.1. The molecule has 3 aromatic rings. The summed E-state index contributed by atoms with van der Waals surface area (Å²) in [5.41, 5.74) is -0.121. The van der Waals surface area contributed by atoms with Gasteiger partial charge in [-0.2, -0.15) is 4.98 Å². The van der Waals surface area contributed by atoms with Crippen molar-refractivity contribution < 1.29 is 9.32 Å². The van der Waals surface area contributed by atoms with Gasteiger partial charge < -0.3 is 14.0 Å². The van der Waals surface area contributed by atoms with E-state index in [0.717, 1.165) is 30.5 Å². The van der Waals surface area contributed by atoms with Crippen LogP contribution in [0.4, 0.5) is 0 Å². The summed E-state index contributed by atoms with van der Waals surface area (Å²) in [6.45, 7) is 3.26. The topological polar surface area (TPSA) is 81.2 Å². The number of piperidine rings is 1. The lowest BCUT2D eigenvalue weighted by Gasteiger charge is -2.31. The molecule has 2 aromatic heterocycles. The number of aromatic nitrogens is 3. The summed E-state index contributed by atoms with van der Waals surface area (Å²) in [6, 6.07) is 9.31. The SMILES string of the molecule is Cc1nc(CC2CCN(C(=O)Cn3ccc4ccccc4c3=O)CC2)no1. The summed E-state index contributed by atoms with van der Waals surface area (Å²) in [6.07, 6.45) is 4.30. The van der Waals surface area contributed by atoms with E-state index in [4.69, 9.17) is 4.52 Å². The molecule has 0 saturated carbocycles. The van der Waals surface area contributed by atoms with Crippen LogP contribution < -0.4 is 5.56 Å². The molecule has 27 heavy (non-hydrogen) atoms. The predicted octanol–water partition coefficient (Wildman–Crippen LogP) is 2.17. The van der Waals surface area contributed by atoms with Gasteiger partial charge in [0.2, 0.25) is 11.8 Å². The first-order valence-corrected chi connectivity index (χ1v) is 9.25. The highest BCUT2D eigenvalue weighted by atomic mass is 16.5. The Bertz CT molecular complexity index is 1020. The van der Waals surface area contributed by atoms with Gasteiger partial charge in [0.15, 0.2) is 5.82 Å². The molecule has 140 valence electrons. The molecule has 1 aromatic carbocycles. The molecule has 1 amide bonds. The van der Waals surface area contributed by atoms with Crippen molar-refractivity contribution in [3.8, 4) is 0 Å². The Kier molecular flexibility index (Phi) is 4.75. The number of hydrogen-bond donors (Lipinski definition) is 0. The van der Waals surface area contributed by atoms with E-state index in [0.29, 0.717) is 30.3 Å². The minimum absolute atomic E-state index is 0.0127. The third-order valence-electron chi connectivity index (χ3n) is 5.20. The van der Waals surface area contributed by atoms with Crippen LogP contribution >= 0.6 is 0 Å². The number of likely N-dealkylation sites (tertiary alicyclic amines) is 1. The molecule has 1 saturated heterocycles. The molecule has 0 aliphatic carbocycles. The Balaban J connectivity index is 1.37. The van der Waals surface area contributed by atoms with E-state index in [-0.39, 0.29) is 18.0 Å². The highest BCUT2D eigenvalue weighted by Crippen LogP contribution is 2.21. The summed E-state index contributed by atoms with van der Waals surface area (Å²) in [7, 11) is 0. The van der Waals surface area contributed by atoms with Gasteiger partial charge >= 0.3 is 0 Å². The lowest BCUT2D eigenvalue weighted by atomic mass is 9.93. The van der Waals surface area contributed by atoms with Crippen molar-refractivity contribution in [3.05, 3.63) is 58.6 Å². The number of aryl methyl sites for hydroxylation is 1. The highest BCUT2D eigenvalue weighted by Gasteiger charge is 2.24. The maximum absolute atomic E-state index is 12.7. The van der Waals surface area contributed by atoms with E-state index < -0.39 is 0 Å². The minimum atomic E-state index is -0.121.